The molecule has 3 aliphatic carbocycles. The molecule has 1 aromatic heterocycles. The number of hydrogen-bond donors (Lipinski definition) is 2. The zero-order valence-electron chi connectivity index (χ0n) is 26.5. The van der Waals surface area contributed by atoms with E-state index in [1.165, 1.54) is 24.3 Å². The molecule has 4 bridgehead atoms. The molecule has 13 heteroatoms. The van der Waals surface area contributed by atoms with Gasteiger partial charge in [-0.2, -0.15) is 18.2 Å². The average Bonchev–Trinajstić information content (AvgIpc) is 3.76. The molecule has 4 aliphatic rings. The summed E-state index contributed by atoms with van der Waals surface area (Å²) in [7, 11) is -2.35. The number of rotatable bonds is 5. The van der Waals surface area contributed by atoms with Crippen molar-refractivity contribution in [2.75, 3.05) is 18.4 Å². The fraction of sp³-hybridized carbons (Fsp3) is 0.500. The van der Waals surface area contributed by atoms with E-state index in [9.17, 15) is 26.4 Å². The summed E-state index contributed by atoms with van der Waals surface area (Å²) >= 11 is 0. The lowest BCUT2D eigenvalue weighted by molar-refractivity contribution is -0.194. The molecule has 7 rings (SSSR count). The Labute approximate surface area is 272 Å². The van der Waals surface area contributed by atoms with Gasteiger partial charge in [-0.15, -0.1) is 0 Å². The molecule has 2 N–H and O–H groups in total. The Morgan fingerprint density at radius 2 is 1.70 bits per heavy atom. The Hall–Kier alpha value is -3.71. The summed E-state index contributed by atoms with van der Waals surface area (Å²) < 4.78 is 79.2. The van der Waals surface area contributed by atoms with Crippen molar-refractivity contribution >= 4 is 21.9 Å². The molecule has 1 aliphatic heterocycles. The van der Waals surface area contributed by atoms with Gasteiger partial charge in [0, 0.05) is 29.3 Å². The number of benzene rings is 2. The Kier molecular flexibility index (Phi) is 7.58. The van der Waals surface area contributed by atoms with Crippen molar-refractivity contribution in [3.8, 4) is 17.1 Å². The van der Waals surface area contributed by atoms with Crippen LogP contribution in [-0.2, 0) is 10.0 Å². The Balaban J connectivity index is 1.34. The molecule has 0 radical (unpaired) electrons. The third kappa shape index (κ3) is 5.75. The minimum atomic E-state index is -4.44. The molecule has 3 saturated carbocycles. The van der Waals surface area contributed by atoms with Gasteiger partial charge in [0.15, 0.2) is 0 Å². The molecule has 47 heavy (non-hydrogen) atoms. The normalized spacial score (nSPS) is 27.7. The van der Waals surface area contributed by atoms with Crippen molar-refractivity contribution in [1.82, 2.24) is 20.2 Å². The van der Waals surface area contributed by atoms with Gasteiger partial charge in [-0.05, 0) is 101 Å². The largest absolute Gasteiger partial charge is 0.475 e. The van der Waals surface area contributed by atoms with Crippen LogP contribution in [0.5, 0.6) is 5.88 Å². The number of ether oxygens (including phenoxy) is 1. The van der Waals surface area contributed by atoms with Crippen molar-refractivity contribution < 1.29 is 31.1 Å². The van der Waals surface area contributed by atoms with Gasteiger partial charge in [0.1, 0.15) is 6.61 Å². The standard InChI is InChI=1S/C34H38F3N5O4S/c1-20-6-4-7-21(2)29(20)27-13-28-40-31(39-27)41-47(44,45)26-9-5-8-22(12-26)30(43)42(24-16-32(17-24)14-23(15-32)38-3)25(19-46-28)18-33(10-11-33)34(35,36)37/h4-9,12-13,23-25,38H,10-11,14-19H2,1-3H3,(H,39,40,41)/t23?,24?,25-,32?/m1/s1. The predicted molar refractivity (Wildman–Crippen MR) is 170 cm³/mol. The van der Waals surface area contributed by atoms with E-state index in [2.05, 4.69) is 20.0 Å². The first-order valence-electron chi connectivity index (χ1n) is 16.0. The summed E-state index contributed by atoms with van der Waals surface area (Å²) in [6.45, 7) is 3.56. The number of aromatic nitrogens is 2. The summed E-state index contributed by atoms with van der Waals surface area (Å²) in [5, 5.41) is 3.28. The number of amides is 1. The van der Waals surface area contributed by atoms with Gasteiger partial charge in [0.2, 0.25) is 11.8 Å². The summed E-state index contributed by atoms with van der Waals surface area (Å²) in [6.07, 6.45) is -1.56. The van der Waals surface area contributed by atoms with E-state index in [1.54, 1.807) is 11.0 Å². The van der Waals surface area contributed by atoms with Gasteiger partial charge in [0.05, 0.1) is 22.0 Å². The first-order valence-corrected chi connectivity index (χ1v) is 17.5. The highest BCUT2D eigenvalue weighted by atomic mass is 32.2. The van der Waals surface area contributed by atoms with Gasteiger partial charge in [-0.25, -0.2) is 18.1 Å². The van der Waals surface area contributed by atoms with Crippen LogP contribution in [0.25, 0.3) is 11.3 Å². The monoisotopic (exact) mass is 669 g/mol. The molecule has 1 atom stereocenters. The second-order valence-corrected chi connectivity index (χ2v) is 15.6. The number of sulfonamides is 1. The van der Waals surface area contributed by atoms with Crippen molar-refractivity contribution in [2.24, 2.45) is 10.8 Å². The second-order valence-electron chi connectivity index (χ2n) is 13.9. The number of carbonyl (C=O) groups is 1. The predicted octanol–water partition coefficient (Wildman–Crippen LogP) is 6.03. The van der Waals surface area contributed by atoms with Crippen LogP contribution >= 0.6 is 0 Å². The van der Waals surface area contributed by atoms with Crippen molar-refractivity contribution in [3.05, 3.63) is 65.2 Å². The number of anilines is 1. The van der Waals surface area contributed by atoms with Crippen LogP contribution in [0.15, 0.2) is 53.4 Å². The lowest BCUT2D eigenvalue weighted by Gasteiger charge is -2.61. The second kappa shape index (κ2) is 11.2. The van der Waals surface area contributed by atoms with E-state index in [4.69, 9.17) is 4.74 Å². The number of nitrogens with zero attached hydrogens (tertiary/aromatic N) is 3. The molecular formula is C34H38F3N5O4S. The number of alkyl halides is 3. The van der Waals surface area contributed by atoms with E-state index in [0.717, 1.165) is 29.5 Å². The molecule has 3 fully saturated rings. The average molecular weight is 670 g/mol. The molecule has 0 unspecified atom stereocenters. The molecule has 1 spiro atoms. The zero-order valence-corrected chi connectivity index (χ0v) is 27.3. The number of hydrogen-bond acceptors (Lipinski definition) is 7. The third-order valence-corrected chi connectivity index (χ3v) is 12.0. The molecule has 2 aromatic carbocycles. The first-order chi connectivity index (χ1) is 22.2. The SMILES string of the molecule is CNC1CC2(C1)CC(N1C(=O)c3cccc(c3)S(=O)(=O)Nc3nc(cc(-c4c(C)cccc4C)n3)OC[C@H]1CC1(C(F)(F)F)CC1)C2. The number of nitrogens with one attached hydrogen (secondary N) is 2. The molecule has 9 nitrogen and oxygen atoms in total. The minimum absolute atomic E-state index is 0.00324. The first kappa shape index (κ1) is 31.9. The summed E-state index contributed by atoms with van der Waals surface area (Å²) in [6, 6.07) is 12.0. The summed E-state index contributed by atoms with van der Waals surface area (Å²) in [4.78, 5) is 24.6. The molecule has 3 aromatic rings. The van der Waals surface area contributed by atoms with Crippen molar-refractivity contribution in [1.29, 1.82) is 0 Å². The van der Waals surface area contributed by atoms with Gasteiger partial charge >= 0.3 is 6.18 Å². The maximum Gasteiger partial charge on any atom is 0.394 e. The maximum atomic E-state index is 14.4. The Bertz CT molecular complexity index is 1810. The molecule has 1 amide bonds. The van der Waals surface area contributed by atoms with Gasteiger partial charge < -0.3 is 15.0 Å². The van der Waals surface area contributed by atoms with Crippen LogP contribution in [0.1, 0.15) is 66.4 Å². The van der Waals surface area contributed by atoms with Crippen LogP contribution < -0.4 is 14.8 Å². The van der Waals surface area contributed by atoms with Gasteiger partial charge in [0.25, 0.3) is 15.9 Å². The minimum Gasteiger partial charge on any atom is -0.475 e. The van der Waals surface area contributed by atoms with E-state index in [-0.39, 0.29) is 59.6 Å². The van der Waals surface area contributed by atoms with E-state index in [1.807, 2.05) is 39.1 Å². The quantitative estimate of drug-likeness (QED) is 0.341. The Morgan fingerprint density at radius 3 is 2.34 bits per heavy atom. The Morgan fingerprint density at radius 1 is 1.02 bits per heavy atom. The lowest BCUT2D eigenvalue weighted by atomic mass is 9.51. The molecule has 0 saturated heterocycles. The van der Waals surface area contributed by atoms with Crippen LogP contribution in [0.3, 0.4) is 0 Å². The summed E-state index contributed by atoms with van der Waals surface area (Å²) in [5.74, 6) is -0.758. The fourth-order valence-electron chi connectivity index (χ4n) is 7.93. The van der Waals surface area contributed by atoms with Gasteiger partial charge in [-0.3, -0.25) is 4.79 Å². The highest BCUT2D eigenvalue weighted by molar-refractivity contribution is 7.92. The highest BCUT2D eigenvalue weighted by Gasteiger charge is 2.65. The smallest absolute Gasteiger partial charge is 0.394 e. The van der Waals surface area contributed by atoms with Crippen molar-refractivity contribution in [3.63, 3.8) is 0 Å². The van der Waals surface area contributed by atoms with Crippen LogP contribution in [0.4, 0.5) is 19.1 Å². The van der Waals surface area contributed by atoms with E-state index >= 15 is 0 Å². The van der Waals surface area contributed by atoms with Crippen molar-refractivity contribution in [2.45, 2.75) is 88.0 Å². The lowest BCUT2D eigenvalue weighted by Crippen LogP contribution is -2.63. The highest BCUT2D eigenvalue weighted by Crippen LogP contribution is 2.62. The van der Waals surface area contributed by atoms with Crippen LogP contribution in [0, 0.1) is 24.7 Å². The molecule has 2 heterocycles. The number of aryl methyl sites for hydroxylation is 2. The van der Waals surface area contributed by atoms with Crippen LogP contribution in [-0.4, -0.2) is 67.1 Å². The zero-order chi connectivity index (χ0) is 33.4. The number of carbonyl (C=O) groups excluding carboxylic acids is 1. The van der Waals surface area contributed by atoms with E-state index in [0.29, 0.717) is 24.6 Å². The topological polar surface area (TPSA) is 114 Å². The molecular weight excluding hydrogens is 631 g/mol. The number of halogens is 3. The third-order valence-electron chi connectivity index (χ3n) is 10.7. The summed E-state index contributed by atoms with van der Waals surface area (Å²) in [5.41, 5.74) is 1.16. The fourth-order valence-corrected chi connectivity index (χ4v) is 8.92. The maximum absolute atomic E-state index is 14.4. The van der Waals surface area contributed by atoms with Crippen LogP contribution in [0.2, 0.25) is 0 Å². The number of fused-ring (bicyclic) bond motifs is 4. The van der Waals surface area contributed by atoms with Gasteiger partial charge in [-0.1, -0.05) is 24.3 Å². The molecule has 250 valence electrons. The van der Waals surface area contributed by atoms with E-state index < -0.39 is 33.6 Å².